The molecule has 198 valence electrons. The molecule has 2 aromatic carbocycles. The van der Waals surface area contributed by atoms with Crippen molar-refractivity contribution < 1.29 is 27.6 Å². The number of likely N-dealkylation sites (tertiary alicyclic amines) is 1. The van der Waals surface area contributed by atoms with Crippen LogP contribution in [-0.4, -0.2) is 65.2 Å². The van der Waals surface area contributed by atoms with E-state index >= 15 is 0 Å². The number of nitrogens with zero attached hydrogens (tertiary/aromatic N) is 3. The molecule has 1 saturated carbocycles. The maximum absolute atomic E-state index is 13.9. The summed E-state index contributed by atoms with van der Waals surface area (Å²) in [5.74, 6) is -0.949. The van der Waals surface area contributed by atoms with Crippen molar-refractivity contribution in [1.29, 1.82) is 0 Å². The number of amides is 3. The van der Waals surface area contributed by atoms with Gasteiger partial charge in [0.1, 0.15) is 13.1 Å². The van der Waals surface area contributed by atoms with E-state index in [9.17, 15) is 27.6 Å². The van der Waals surface area contributed by atoms with Crippen molar-refractivity contribution in [2.45, 2.75) is 43.2 Å². The molecule has 3 amide bonds. The van der Waals surface area contributed by atoms with Gasteiger partial charge in [0.15, 0.2) is 0 Å². The van der Waals surface area contributed by atoms with Gasteiger partial charge >= 0.3 is 6.18 Å². The Morgan fingerprint density at radius 1 is 1.13 bits per heavy atom. The minimum atomic E-state index is -4.54. The van der Waals surface area contributed by atoms with Crippen LogP contribution in [0.4, 0.5) is 18.9 Å². The van der Waals surface area contributed by atoms with Crippen molar-refractivity contribution in [3.05, 3.63) is 59.3 Å². The quantitative estimate of drug-likeness (QED) is 0.532. The molecular weight excluding hydrogens is 499 g/mol. The largest absolute Gasteiger partial charge is 0.405 e. The van der Waals surface area contributed by atoms with Crippen LogP contribution in [0.15, 0.2) is 42.6 Å². The molecule has 1 saturated heterocycles. The SMILES string of the molecule is O=C(CN1C(=O)C2(CCN(C(=O)c3ccc4[nH]ncc4c3)CC2)c2c(C3CC3)cccc21)NCC(F)(F)F. The van der Waals surface area contributed by atoms with Crippen LogP contribution in [0.5, 0.6) is 0 Å². The zero-order valence-corrected chi connectivity index (χ0v) is 20.5. The van der Waals surface area contributed by atoms with E-state index in [1.165, 1.54) is 4.90 Å². The number of H-pyrrole nitrogens is 1. The second-order valence-corrected chi connectivity index (χ2v) is 10.3. The topological polar surface area (TPSA) is 98.4 Å². The second kappa shape index (κ2) is 8.85. The number of carbonyl (C=O) groups excluding carboxylic acids is 3. The summed E-state index contributed by atoms with van der Waals surface area (Å²) in [7, 11) is 0. The Morgan fingerprint density at radius 3 is 2.61 bits per heavy atom. The summed E-state index contributed by atoms with van der Waals surface area (Å²) < 4.78 is 37.9. The van der Waals surface area contributed by atoms with Gasteiger partial charge in [-0.05, 0) is 67.0 Å². The first-order chi connectivity index (χ1) is 18.2. The third-order valence-electron chi connectivity index (χ3n) is 7.89. The normalized spacial score (nSPS) is 18.8. The molecule has 1 spiro atoms. The molecule has 38 heavy (non-hydrogen) atoms. The van der Waals surface area contributed by atoms with E-state index in [1.54, 1.807) is 35.4 Å². The molecule has 3 aromatic rings. The molecule has 2 aliphatic heterocycles. The van der Waals surface area contributed by atoms with Gasteiger partial charge in [-0.1, -0.05) is 12.1 Å². The Morgan fingerprint density at radius 2 is 1.89 bits per heavy atom. The lowest BCUT2D eigenvalue weighted by molar-refractivity contribution is -0.138. The van der Waals surface area contributed by atoms with Crippen LogP contribution in [0.3, 0.4) is 0 Å². The van der Waals surface area contributed by atoms with Crippen LogP contribution in [0, 0.1) is 0 Å². The minimum absolute atomic E-state index is 0.132. The number of aromatic amines is 1. The first-order valence-corrected chi connectivity index (χ1v) is 12.7. The van der Waals surface area contributed by atoms with Crippen LogP contribution in [0.2, 0.25) is 0 Å². The summed E-state index contributed by atoms with van der Waals surface area (Å²) in [5, 5.41) is 9.56. The van der Waals surface area contributed by atoms with Crippen molar-refractivity contribution in [1.82, 2.24) is 20.4 Å². The molecule has 0 unspecified atom stereocenters. The molecule has 11 heteroatoms. The fourth-order valence-corrected chi connectivity index (χ4v) is 5.88. The van der Waals surface area contributed by atoms with Gasteiger partial charge in [-0.2, -0.15) is 18.3 Å². The number of carbonyl (C=O) groups is 3. The summed E-state index contributed by atoms with van der Waals surface area (Å²) in [4.78, 5) is 42.7. The second-order valence-electron chi connectivity index (χ2n) is 10.3. The number of benzene rings is 2. The standard InChI is InChI=1S/C27H26F3N5O3/c28-27(29,30)15-31-22(36)14-35-21-3-1-2-19(16-4-5-16)23(21)26(25(35)38)8-10-34(11-9-26)24(37)17-6-7-20-18(12-17)13-32-33-20/h1-3,6-7,12-13,16H,4-5,8-11,14-15H2,(H,31,36)(H,32,33). The zero-order chi connectivity index (χ0) is 26.7. The Balaban J connectivity index is 1.26. The van der Waals surface area contributed by atoms with Gasteiger partial charge in [-0.15, -0.1) is 0 Å². The number of aromatic nitrogens is 2. The van der Waals surface area contributed by atoms with Gasteiger partial charge in [-0.25, -0.2) is 0 Å². The number of hydrogen-bond acceptors (Lipinski definition) is 4. The first kappa shape index (κ1) is 24.4. The van der Waals surface area contributed by atoms with Gasteiger partial charge in [0.2, 0.25) is 11.8 Å². The van der Waals surface area contributed by atoms with Crippen molar-refractivity contribution in [2.24, 2.45) is 0 Å². The highest BCUT2D eigenvalue weighted by atomic mass is 19.4. The fraction of sp³-hybridized carbons (Fsp3) is 0.407. The number of halogens is 3. The summed E-state index contributed by atoms with van der Waals surface area (Å²) in [6.07, 6.45) is -0.109. The van der Waals surface area contributed by atoms with Gasteiger partial charge in [-0.3, -0.25) is 19.5 Å². The molecule has 8 nitrogen and oxygen atoms in total. The molecule has 3 aliphatic rings. The number of nitrogens with one attached hydrogen (secondary N) is 2. The number of anilines is 1. The van der Waals surface area contributed by atoms with E-state index in [2.05, 4.69) is 10.2 Å². The van der Waals surface area contributed by atoms with Crippen molar-refractivity contribution in [3.8, 4) is 0 Å². The lowest BCUT2D eigenvalue weighted by Crippen LogP contribution is -2.51. The average molecular weight is 526 g/mol. The molecule has 0 bridgehead atoms. The Kier molecular flexibility index (Phi) is 5.69. The predicted octanol–water partition coefficient (Wildman–Crippen LogP) is 3.64. The fourth-order valence-electron chi connectivity index (χ4n) is 5.88. The van der Waals surface area contributed by atoms with E-state index in [1.807, 2.05) is 17.4 Å². The zero-order valence-electron chi connectivity index (χ0n) is 20.5. The molecular formula is C27H26F3N5O3. The number of piperidine rings is 1. The Bertz CT molecular complexity index is 1440. The molecule has 1 aliphatic carbocycles. The predicted molar refractivity (Wildman–Crippen MR) is 133 cm³/mol. The van der Waals surface area contributed by atoms with Gasteiger partial charge in [0.25, 0.3) is 5.91 Å². The highest BCUT2D eigenvalue weighted by Gasteiger charge is 2.54. The molecule has 0 radical (unpaired) electrons. The lowest BCUT2D eigenvalue weighted by atomic mass is 9.71. The average Bonchev–Trinajstić information content (AvgIpc) is 3.60. The third-order valence-corrected chi connectivity index (χ3v) is 7.89. The van der Waals surface area contributed by atoms with Crippen molar-refractivity contribution in [3.63, 3.8) is 0 Å². The Hall–Kier alpha value is -3.89. The number of alkyl halides is 3. The maximum Gasteiger partial charge on any atom is 0.405 e. The molecule has 1 aromatic heterocycles. The molecule has 2 N–H and O–H groups in total. The van der Waals surface area contributed by atoms with Crippen LogP contribution >= 0.6 is 0 Å². The van der Waals surface area contributed by atoms with Crippen LogP contribution in [0.1, 0.15) is 53.1 Å². The van der Waals surface area contributed by atoms with E-state index in [0.29, 0.717) is 43.1 Å². The van der Waals surface area contributed by atoms with Gasteiger partial charge in [0, 0.05) is 29.7 Å². The minimum Gasteiger partial charge on any atom is -0.345 e. The lowest BCUT2D eigenvalue weighted by Gasteiger charge is -2.39. The van der Waals surface area contributed by atoms with E-state index in [0.717, 1.165) is 34.9 Å². The van der Waals surface area contributed by atoms with E-state index in [-0.39, 0.29) is 11.8 Å². The molecule has 3 heterocycles. The summed E-state index contributed by atoms with van der Waals surface area (Å²) in [6.45, 7) is -1.23. The summed E-state index contributed by atoms with van der Waals surface area (Å²) in [6, 6.07) is 11.0. The smallest absolute Gasteiger partial charge is 0.345 e. The van der Waals surface area contributed by atoms with Gasteiger partial charge < -0.3 is 15.1 Å². The van der Waals surface area contributed by atoms with E-state index in [4.69, 9.17) is 0 Å². The Labute approximate surface area is 216 Å². The maximum atomic E-state index is 13.9. The molecule has 2 fully saturated rings. The first-order valence-electron chi connectivity index (χ1n) is 12.7. The molecule has 0 atom stereocenters. The van der Waals surface area contributed by atoms with Crippen molar-refractivity contribution >= 4 is 34.3 Å². The highest BCUT2D eigenvalue weighted by molar-refractivity contribution is 6.11. The summed E-state index contributed by atoms with van der Waals surface area (Å²) >= 11 is 0. The number of hydrogen-bond donors (Lipinski definition) is 2. The van der Waals surface area contributed by atoms with Gasteiger partial charge in [0.05, 0.1) is 17.1 Å². The van der Waals surface area contributed by atoms with Crippen LogP contribution in [-0.2, 0) is 15.0 Å². The monoisotopic (exact) mass is 525 g/mol. The number of rotatable bonds is 5. The summed E-state index contributed by atoms with van der Waals surface area (Å²) in [5.41, 5.74) is 2.99. The highest BCUT2D eigenvalue weighted by Crippen LogP contribution is 2.54. The number of fused-ring (bicyclic) bond motifs is 3. The third kappa shape index (κ3) is 4.19. The van der Waals surface area contributed by atoms with Crippen LogP contribution in [0.25, 0.3) is 10.9 Å². The molecule has 6 rings (SSSR count). The van der Waals surface area contributed by atoms with E-state index < -0.39 is 30.6 Å². The van der Waals surface area contributed by atoms with Crippen LogP contribution < -0.4 is 10.2 Å². The van der Waals surface area contributed by atoms with Crippen molar-refractivity contribution in [2.75, 3.05) is 31.1 Å².